The zero-order valence-electron chi connectivity index (χ0n) is 9.43. The molecular formula is C10H15N3O5. The molecule has 1 heterocycles. The summed E-state index contributed by atoms with van der Waals surface area (Å²) in [5, 5.41) is 28.7. The fraction of sp³-hybridized carbons (Fsp3) is 0.600. The van der Waals surface area contributed by atoms with E-state index in [1.54, 1.807) is 0 Å². The molecule has 0 spiro atoms. The van der Waals surface area contributed by atoms with Crippen molar-refractivity contribution in [2.75, 3.05) is 6.61 Å². The highest BCUT2D eigenvalue weighted by Crippen LogP contribution is 2.56. The largest absolute Gasteiger partial charge is 0.394 e. The lowest BCUT2D eigenvalue weighted by atomic mass is 10.1. The van der Waals surface area contributed by atoms with Crippen LogP contribution in [0, 0.1) is 5.92 Å². The third-order valence-electron chi connectivity index (χ3n) is 3.25. The Balaban J connectivity index is 2.00. The number of rotatable bonds is 3. The molecule has 1 aliphatic heterocycles. The summed E-state index contributed by atoms with van der Waals surface area (Å²) in [6.07, 6.45) is 0.291. The van der Waals surface area contributed by atoms with Crippen molar-refractivity contribution >= 4 is 11.9 Å². The van der Waals surface area contributed by atoms with Crippen LogP contribution in [-0.2, 0) is 4.74 Å². The minimum Gasteiger partial charge on any atom is -0.394 e. The van der Waals surface area contributed by atoms with Crippen LogP contribution >= 0.6 is 0 Å². The number of amidine groups is 1. The van der Waals surface area contributed by atoms with Crippen molar-refractivity contribution in [3.8, 4) is 0 Å². The van der Waals surface area contributed by atoms with Crippen molar-refractivity contribution < 1.29 is 24.9 Å². The minimum absolute atomic E-state index is 0.0933. The van der Waals surface area contributed by atoms with Gasteiger partial charge in [0.25, 0.3) is 0 Å². The average Bonchev–Trinajstić information content (AvgIpc) is 2.77. The molecule has 1 aliphatic carbocycles. The van der Waals surface area contributed by atoms with Crippen LogP contribution in [0.25, 0.3) is 0 Å². The van der Waals surface area contributed by atoms with Crippen molar-refractivity contribution in [2.24, 2.45) is 22.4 Å². The van der Waals surface area contributed by atoms with Gasteiger partial charge in [-0.25, -0.2) is 4.79 Å². The predicted molar refractivity (Wildman–Crippen MR) is 60.5 cm³/mol. The van der Waals surface area contributed by atoms with Crippen LogP contribution in [0.1, 0.15) is 0 Å². The molecule has 2 rings (SSSR count). The second kappa shape index (κ2) is 4.32. The lowest BCUT2D eigenvalue weighted by Crippen LogP contribution is -2.38. The van der Waals surface area contributed by atoms with Crippen LogP contribution in [-0.4, -0.2) is 57.7 Å². The minimum atomic E-state index is -1.41. The summed E-state index contributed by atoms with van der Waals surface area (Å²) in [6.45, 7) is -0.359. The first-order chi connectivity index (χ1) is 8.41. The standard InChI is InChI=1S/C10H15N3O5/c11-6(13-9(12)16)2-1-4-8-10(4,17)7(15)5(3-14)18-8/h1-2,4-5,7-8,14-15,17H,3H2,(H4,11,12,13,16)/b2-1-/t4?,5-,7?,8+,10?/m1/s1. The maximum atomic E-state index is 10.4. The molecule has 1 saturated heterocycles. The summed E-state index contributed by atoms with van der Waals surface area (Å²) in [6, 6.07) is -0.913. The highest BCUT2D eigenvalue weighted by Gasteiger charge is 2.74. The van der Waals surface area contributed by atoms with Gasteiger partial charge in [0.1, 0.15) is 23.6 Å². The first-order valence-corrected chi connectivity index (χ1v) is 5.39. The number of nitrogens with two attached hydrogens (primary N) is 2. The van der Waals surface area contributed by atoms with Gasteiger partial charge in [-0.1, -0.05) is 6.08 Å². The fourth-order valence-electron chi connectivity index (χ4n) is 2.27. The molecule has 8 nitrogen and oxygen atoms in total. The Hall–Kier alpha value is -1.48. The fourth-order valence-corrected chi connectivity index (χ4v) is 2.27. The molecule has 2 fully saturated rings. The smallest absolute Gasteiger partial charge is 0.340 e. The Morgan fingerprint density at radius 1 is 1.50 bits per heavy atom. The van der Waals surface area contributed by atoms with E-state index in [9.17, 15) is 15.0 Å². The molecule has 0 bridgehead atoms. The molecule has 0 radical (unpaired) electrons. The maximum Gasteiger partial charge on any atom is 0.340 e. The number of aliphatic hydroxyl groups excluding tert-OH is 2. The van der Waals surface area contributed by atoms with Crippen LogP contribution in [0.5, 0.6) is 0 Å². The monoisotopic (exact) mass is 257 g/mol. The van der Waals surface area contributed by atoms with Crippen molar-refractivity contribution in [1.29, 1.82) is 0 Å². The van der Waals surface area contributed by atoms with Crippen LogP contribution in [0.3, 0.4) is 0 Å². The van der Waals surface area contributed by atoms with Gasteiger partial charge >= 0.3 is 6.03 Å². The van der Waals surface area contributed by atoms with Gasteiger partial charge in [0, 0.05) is 5.92 Å². The maximum absolute atomic E-state index is 10.4. The topological polar surface area (TPSA) is 151 Å². The molecule has 2 amide bonds. The number of fused-ring (bicyclic) bond motifs is 1. The van der Waals surface area contributed by atoms with E-state index in [2.05, 4.69) is 4.99 Å². The Morgan fingerprint density at radius 2 is 2.17 bits per heavy atom. The van der Waals surface area contributed by atoms with Crippen molar-refractivity contribution in [3.63, 3.8) is 0 Å². The number of nitrogens with zero attached hydrogens (tertiary/aromatic N) is 1. The lowest BCUT2D eigenvalue weighted by Gasteiger charge is -2.19. The van der Waals surface area contributed by atoms with Gasteiger partial charge in [-0.2, -0.15) is 4.99 Å². The van der Waals surface area contributed by atoms with E-state index in [0.717, 1.165) is 0 Å². The quantitative estimate of drug-likeness (QED) is 0.277. The highest BCUT2D eigenvalue weighted by molar-refractivity contribution is 5.99. The Kier molecular flexibility index (Phi) is 3.11. The number of amides is 2. The van der Waals surface area contributed by atoms with Gasteiger partial charge in [0.15, 0.2) is 0 Å². The molecule has 0 aromatic heterocycles. The summed E-state index contributed by atoms with van der Waals surface area (Å²) in [7, 11) is 0. The third kappa shape index (κ3) is 1.89. The molecule has 7 N–H and O–H groups in total. The third-order valence-corrected chi connectivity index (χ3v) is 3.25. The van der Waals surface area contributed by atoms with E-state index in [1.165, 1.54) is 12.2 Å². The first-order valence-electron chi connectivity index (χ1n) is 5.39. The second-order valence-electron chi connectivity index (χ2n) is 4.37. The zero-order valence-corrected chi connectivity index (χ0v) is 9.43. The lowest BCUT2D eigenvalue weighted by molar-refractivity contribution is -0.0582. The van der Waals surface area contributed by atoms with Gasteiger partial charge in [0.05, 0.1) is 12.7 Å². The Morgan fingerprint density at radius 3 is 2.61 bits per heavy atom. The SMILES string of the molecule is NC(=O)/N=C(N)\C=C/C1[C@@H]2O[C@H](CO)C(O)C12O. The Bertz CT molecular complexity index is 424. The number of primary amides is 1. The van der Waals surface area contributed by atoms with Crippen molar-refractivity contribution in [3.05, 3.63) is 12.2 Å². The van der Waals surface area contributed by atoms with E-state index in [0.29, 0.717) is 0 Å². The predicted octanol–water partition coefficient (Wildman–Crippen LogP) is -2.54. The molecule has 1 saturated carbocycles. The highest BCUT2D eigenvalue weighted by atomic mass is 16.6. The number of carbonyl (C=O) groups is 1. The molecule has 0 aromatic carbocycles. The van der Waals surface area contributed by atoms with Crippen molar-refractivity contribution in [2.45, 2.75) is 23.9 Å². The molecule has 18 heavy (non-hydrogen) atoms. The summed E-state index contributed by atoms with van der Waals surface area (Å²) < 4.78 is 5.25. The summed E-state index contributed by atoms with van der Waals surface area (Å²) in [5.74, 6) is -0.541. The van der Waals surface area contributed by atoms with E-state index < -0.39 is 35.9 Å². The summed E-state index contributed by atoms with van der Waals surface area (Å²) in [4.78, 5) is 13.7. The zero-order chi connectivity index (χ0) is 13.5. The normalized spacial score (nSPS) is 43.2. The molecule has 5 atom stereocenters. The van der Waals surface area contributed by atoms with Crippen LogP contribution in [0.2, 0.25) is 0 Å². The molecule has 8 heteroatoms. The van der Waals surface area contributed by atoms with Gasteiger partial charge in [-0.05, 0) is 6.08 Å². The van der Waals surface area contributed by atoms with Gasteiger partial charge in [0.2, 0.25) is 0 Å². The number of aliphatic imine (C=N–C) groups is 1. The molecule has 3 unspecified atom stereocenters. The summed E-state index contributed by atoms with van der Waals surface area (Å²) in [5.41, 5.74) is 8.77. The van der Waals surface area contributed by atoms with E-state index in [1.807, 2.05) is 0 Å². The van der Waals surface area contributed by atoms with E-state index in [4.69, 9.17) is 21.3 Å². The van der Waals surface area contributed by atoms with Crippen LogP contribution < -0.4 is 11.5 Å². The molecule has 2 aliphatic rings. The average molecular weight is 257 g/mol. The molecule has 0 aromatic rings. The van der Waals surface area contributed by atoms with Gasteiger partial charge < -0.3 is 31.5 Å². The molecular weight excluding hydrogens is 242 g/mol. The number of carbonyl (C=O) groups excluding carboxylic acids is 1. The number of hydrogen-bond acceptors (Lipinski definition) is 5. The van der Waals surface area contributed by atoms with Gasteiger partial charge in [-0.3, -0.25) is 0 Å². The number of ether oxygens (including phenoxy) is 1. The van der Waals surface area contributed by atoms with E-state index >= 15 is 0 Å². The number of hydrogen-bond donors (Lipinski definition) is 5. The second-order valence-corrected chi connectivity index (χ2v) is 4.37. The van der Waals surface area contributed by atoms with Crippen LogP contribution in [0.4, 0.5) is 4.79 Å². The summed E-state index contributed by atoms with van der Waals surface area (Å²) >= 11 is 0. The van der Waals surface area contributed by atoms with Gasteiger partial charge in [-0.15, -0.1) is 0 Å². The number of urea groups is 1. The number of aliphatic hydroxyl groups is 3. The first kappa shape index (κ1) is 13.0. The molecule has 100 valence electrons. The van der Waals surface area contributed by atoms with Crippen LogP contribution in [0.15, 0.2) is 17.1 Å². The van der Waals surface area contributed by atoms with E-state index in [-0.39, 0.29) is 12.4 Å². The van der Waals surface area contributed by atoms with Crippen molar-refractivity contribution in [1.82, 2.24) is 0 Å². The Labute approximate surface area is 103 Å².